The van der Waals surface area contributed by atoms with Crippen LogP contribution < -0.4 is 10.6 Å². The normalized spacial score (nSPS) is 13.6. The lowest BCUT2D eigenvalue weighted by Crippen LogP contribution is -2.13. The Bertz CT molecular complexity index is 780. The third-order valence-electron chi connectivity index (χ3n) is 3.11. The zero-order valence-corrected chi connectivity index (χ0v) is 15.4. The molecule has 0 bridgehead atoms. The van der Waals surface area contributed by atoms with E-state index in [9.17, 15) is 9.59 Å². The standard InChI is InChI=1S/C14H12Cl2N4O2S2/c15-9-4-3-8(5-10(9)16)17-11(21)6-23-14-20-19-13(24-14)18-12(22)7-1-2-7/h3-5,7H,1-2,6H2,(H,17,21)(H,18,19,22). The Labute approximate surface area is 156 Å². The van der Waals surface area contributed by atoms with E-state index in [2.05, 4.69) is 20.8 Å². The number of aromatic nitrogens is 2. The molecule has 0 atom stereocenters. The Morgan fingerprint density at radius 2 is 2.00 bits per heavy atom. The van der Waals surface area contributed by atoms with Gasteiger partial charge >= 0.3 is 0 Å². The molecule has 10 heteroatoms. The summed E-state index contributed by atoms with van der Waals surface area (Å²) in [5, 5.41) is 14.6. The first-order chi connectivity index (χ1) is 11.5. The van der Waals surface area contributed by atoms with Crippen LogP contribution in [-0.4, -0.2) is 27.8 Å². The van der Waals surface area contributed by atoms with E-state index in [1.165, 1.54) is 23.1 Å². The zero-order chi connectivity index (χ0) is 17.1. The van der Waals surface area contributed by atoms with Gasteiger partial charge in [-0.1, -0.05) is 46.3 Å². The summed E-state index contributed by atoms with van der Waals surface area (Å²) in [5.74, 6) is 0.0741. The van der Waals surface area contributed by atoms with E-state index in [-0.39, 0.29) is 23.5 Å². The topological polar surface area (TPSA) is 84.0 Å². The molecule has 2 N–H and O–H groups in total. The van der Waals surface area contributed by atoms with Gasteiger partial charge in [-0.05, 0) is 31.0 Å². The number of nitrogens with one attached hydrogen (secondary N) is 2. The minimum absolute atomic E-state index is 0.0138. The molecule has 1 saturated carbocycles. The highest BCUT2D eigenvalue weighted by Gasteiger charge is 2.30. The van der Waals surface area contributed by atoms with Gasteiger partial charge in [0.2, 0.25) is 16.9 Å². The van der Waals surface area contributed by atoms with E-state index in [0.29, 0.717) is 25.2 Å². The zero-order valence-electron chi connectivity index (χ0n) is 12.2. The van der Waals surface area contributed by atoms with Crippen molar-refractivity contribution in [3.8, 4) is 0 Å². The number of rotatable bonds is 6. The smallest absolute Gasteiger partial charge is 0.234 e. The van der Waals surface area contributed by atoms with Crippen LogP contribution >= 0.6 is 46.3 Å². The number of halogens is 2. The van der Waals surface area contributed by atoms with Crippen molar-refractivity contribution in [1.82, 2.24) is 10.2 Å². The largest absolute Gasteiger partial charge is 0.325 e. The second-order valence-electron chi connectivity index (χ2n) is 5.10. The summed E-state index contributed by atoms with van der Waals surface area (Å²) in [4.78, 5) is 23.6. The highest BCUT2D eigenvalue weighted by molar-refractivity contribution is 8.01. The summed E-state index contributed by atoms with van der Waals surface area (Å²) in [7, 11) is 0. The number of nitrogens with zero attached hydrogens (tertiary/aromatic N) is 2. The fourth-order valence-corrected chi connectivity index (χ4v) is 3.62. The molecular formula is C14H12Cl2N4O2S2. The average Bonchev–Trinajstić information content (AvgIpc) is 3.30. The van der Waals surface area contributed by atoms with Crippen LogP contribution in [0.2, 0.25) is 10.0 Å². The van der Waals surface area contributed by atoms with Gasteiger partial charge < -0.3 is 10.6 Å². The molecule has 24 heavy (non-hydrogen) atoms. The molecule has 1 aliphatic rings. The van der Waals surface area contributed by atoms with Crippen LogP contribution in [-0.2, 0) is 9.59 Å². The summed E-state index contributed by atoms with van der Waals surface area (Å²) in [6.45, 7) is 0. The van der Waals surface area contributed by atoms with Gasteiger partial charge in [-0.2, -0.15) is 0 Å². The van der Waals surface area contributed by atoms with E-state index in [0.717, 1.165) is 12.8 Å². The minimum Gasteiger partial charge on any atom is -0.325 e. The van der Waals surface area contributed by atoms with Crippen molar-refractivity contribution < 1.29 is 9.59 Å². The van der Waals surface area contributed by atoms with Crippen molar-refractivity contribution in [2.75, 3.05) is 16.4 Å². The lowest BCUT2D eigenvalue weighted by Gasteiger charge is -2.05. The first-order valence-corrected chi connectivity index (χ1v) is 9.59. The Morgan fingerprint density at radius 1 is 1.21 bits per heavy atom. The van der Waals surface area contributed by atoms with Gasteiger partial charge in [-0.3, -0.25) is 9.59 Å². The van der Waals surface area contributed by atoms with Gasteiger partial charge in [0, 0.05) is 11.6 Å². The highest BCUT2D eigenvalue weighted by atomic mass is 35.5. The molecule has 1 heterocycles. The van der Waals surface area contributed by atoms with Gasteiger partial charge in [-0.25, -0.2) is 0 Å². The van der Waals surface area contributed by atoms with Gasteiger partial charge in [-0.15, -0.1) is 10.2 Å². The second kappa shape index (κ2) is 7.69. The molecule has 6 nitrogen and oxygen atoms in total. The molecule has 1 fully saturated rings. The van der Waals surface area contributed by atoms with Gasteiger partial charge in [0.1, 0.15) is 0 Å². The van der Waals surface area contributed by atoms with Crippen molar-refractivity contribution in [3.05, 3.63) is 28.2 Å². The number of benzene rings is 1. The maximum absolute atomic E-state index is 11.9. The Hall–Kier alpha value is -1.35. The van der Waals surface area contributed by atoms with Crippen LogP contribution in [0.3, 0.4) is 0 Å². The van der Waals surface area contributed by atoms with Crippen molar-refractivity contribution in [2.24, 2.45) is 5.92 Å². The number of thioether (sulfide) groups is 1. The number of carbonyl (C=O) groups excluding carboxylic acids is 2. The first kappa shape index (κ1) is 17.5. The van der Waals surface area contributed by atoms with E-state index in [1.807, 2.05) is 0 Å². The Morgan fingerprint density at radius 3 is 2.71 bits per heavy atom. The predicted molar refractivity (Wildman–Crippen MR) is 97.1 cm³/mol. The molecule has 0 unspecified atom stereocenters. The molecule has 0 radical (unpaired) electrons. The van der Waals surface area contributed by atoms with E-state index in [1.54, 1.807) is 18.2 Å². The third kappa shape index (κ3) is 4.83. The van der Waals surface area contributed by atoms with Crippen molar-refractivity contribution in [2.45, 2.75) is 17.2 Å². The van der Waals surface area contributed by atoms with E-state index >= 15 is 0 Å². The predicted octanol–water partition coefficient (Wildman–Crippen LogP) is 3.92. The number of anilines is 2. The summed E-state index contributed by atoms with van der Waals surface area (Å²) in [6, 6.07) is 4.88. The van der Waals surface area contributed by atoms with E-state index < -0.39 is 0 Å². The summed E-state index contributed by atoms with van der Waals surface area (Å²) >= 11 is 14.2. The summed E-state index contributed by atoms with van der Waals surface area (Å²) in [5.41, 5.74) is 0.574. The first-order valence-electron chi connectivity index (χ1n) is 7.03. The lowest BCUT2D eigenvalue weighted by atomic mass is 10.3. The number of carbonyl (C=O) groups is 2. The highest BCUT2D eigenvalue weighted by Crippen LogP contribution is 2.32. The molecule has 3 rings (SSSR count). The molecule has 2 amide bonds. The SMILES string of the molecule is O=C(CSc1nnc(NC(=O)C2CC2)s1)Nc1ccc(Cl)c(Cl)c1. The summed E-state index contributed by atoms with van der Waals surface area (Å²) < 4.78 is 0.616. The molecule has 1 aromatic heterocycles. The third-order valence-corrected chi connectivity index (χ3v) is 5.83. The maximum Gasteiger partial charge on any atom is 0.234 e. The minimum atomic E-state index is -0.197. The molecule has 1 aromatic carbocycles. The quantitative estimate of drug-likeness (QED) is 0.564. The van der Waals surface area contributed by atoms with Gasteiger partial charge in [0.25, 0.3) is 0 Å². The van der Waals surface area contributed by atoms with Crippen LogP contribution in [0.4, 0.5) is 10.8 Å². The van der Waals surface area contributed by atoms with Crippen LogP contribution in [0.1, 0.15) is 12.8 Å². The van der Waals surface area contributed by atoms with Crippen LogP contribution in [0, 0.1) is 5.92 Å². The second-order valence-corrected chi connectivity index (χ2v) is 8.12. The maximum atomic E-state index is 11.9. The summed E-state index contributed by atoms with van der Waals surface area (Å²) in [6.07, 6.45) is 1.86. The number of hydrogen-bond acceptors (Lipinski definition) is 6. The van der Waals surface area contributed by atoms with Crippen LogP contribution in [0.25, 0.3) is 0 Å². The molecular weight excluding hydrogens is 391 g/mol. The Kier molecular flexibility index (Phi) is 5.60. The van der Waals surface area contributed by atoms with Gasteiger partial charge in [0.15, 0.2) is 4.34 Å². The molecule has 2 aromatic rings. The fourth-order valence-electron chi connectivity index (χ4n) is 1.77. The number of amides is 2. The van der Waals surface area contributed by atoms with E-state index in [4.69, 9.17) is 23.2 Å². The fraction of sp³-hybridized carbons (Fsp3) is 0.286. The molecule has 1 aliphatic carbocycles. The van der Waals surface area contributed by atoms with Crippen molar-refractivity contribution in [1.29, 1.82) is 0 Å². The van der Waals surface area contributed by atoms with Crippen LogP contribution in [0.15, 0.2) is 22.5 Å². The lowest BCUT2D eigenvalue weighted by molar-refractivity contribution is -0.117. The van der Waals surface area contributed by atoms with Gasteiger partial charge in [0.05, 0.1) is 15.8 Å². The Balaban J connectivity index is 1.48. The van der Waals surface area contributed by atoms with Crippen molar-refractivity contribution >= 4 is 68.9 Å². The molecule has 0 aliphatic heterocycles. The monoisotopic (exact) mass is 402 g/mol. The molecule has 0 spiro atoms. The van der Waals surface area contributed by atoms with Crippen molar-refractivity contribution in [3.63, 3.8) is 0 Å². The van der Waals surface area contributed by atoms with Crippen LogP contribution in [0.5, 0.6) is 0 Å². The average molecular weight is 403 g/mol. The number of hydrogen-bond donors (Lipinski definition) is 2. The molecule has 126 valence electrons. The molecule has 0 saturated heterocycles.